The molecule has 0 saturated heterocycles. The number of nitrogens with zero attached hydrogens (tertiary/aromatic N) is 2. The lowest BCUT2D eigenvalue weighted by molar-refractivity contribution is 0.0827. The molecule has 160 valence electrons. The van der Waals surface area contributed by atoms with Crippen LogP contribution in [0.15, 0.2) is 83.9 Å². The standard InChI is InChI=1S/C25H28N4O2/c1-26-25(27-17-19-9-13-21(14-10-19)24(30)29(2)3)28-18-20-11-15-23(16-12-20)31-22-7-5-4-6-8-22/h4-16H,17-18H2,1-3H3,(H2,26,27,28). The minimum absolute atomic E-state index is 0.00262. The highest BCUT2D eigenvalue weighted by Crippen LogP contribution is 2.21. The van der Waals surface area contributed by atoms with Gasteiger partial charge in [-0.05, 0) is 47.5 Å². The van der Waals surface area contributed by atoms with Crippen molar-refractivity contribution in [2.24, 2.45) is 4.99 Å². The number of para-hydroxylation sites is 1. The normalized spacial score (nSPS) is 11.0. The number of carbonyl (C=O) groups is 1. The van der Waals surface area contributed by atoms with E-state index in [-0.39, 0.29) is 5.91 Å². The molecule has 3 aromatic rings. The van der Waals surface area contributed by atoms with E-state index in [0.29, 0.717) is 24.6 Å². The van der Waals surface area contributed by atoms with E-state index in [2.05, 4.69) is 15.6 Å². The molecule has 6 heteroatoms. The molecule has 0 spiro atoms. The van der Waals surface area contributed by atoms with Gasteiger partial charge in [0.2, 0.25) is 0 Å². The summed E-state index contributed by atoms with van der Waals surface area (Å²) in [5, 5.41) is 6.60. The highest BCUT2D eigenvalue weighted by Gasteiger charge is 2.07. The Morgan fingerprint density at radius 1 is 0.806 bits per heavy atom. The summed E-state index contributed by atoms with van der Waals surface area (Å²) in [5.74, 6) is 2.32. The Kier molecular flexibility index (Phi) is 7.65. The number of ether oxygens (including phenoxy) is 1. The van der Waals surface area contributed by atoms with Crippen LogP contribution in [0.5, 0.6) is 11.5 Å². The number of rotatable bonds is 7. The quantitative estimate of drug-likeness (QED) is 0.451. The molecule has 0 aliphatic heterocycles. The van der Waals surface area contributed by atoms with Crippen molar-refractivity contribution in [1.29, 1.82) is 0 Å². The van der Waals surface area contributed by atoms with E-state index in [1.807, 2.05) is 78.9 Å². The van der Waals surface area contributed by atoms with Crippen molar-refractivity contribution in [1.82, 2.24) is 15.5 Å². The Morgan fingerprint density at radius 2 is 1.32 bits per heavy atom. The molecule has 0 aromatic heterocycles. The fourth-order valence-electron chi connectivity index (χ4n) is 2.92. The average molecular weight is 417 g/mol. The minimum atomic E-state index is -0.00262. The van der Waals surface area contributed by atoms with Crippen LogP contribution in [0, 0.1) is 0 Å². The first-order valence-corrected chi connectivity index (χ1v) is 10.1. The maximum atomic E-state index is 12.0. The lowest BCUT2D eigenvalue weighted by Gasteiger charge is -2.13. The predicted octanol–water partition coefficient (Wildman–Crippen LogP) is 4.05. The third-order valence-corrected chi connectivity index (χ3v) is 4.65. The largest absolute Gasteiger partial charge is 0.457 e. The number of benzene rings is 3. The highest BCUT2D eigenvalue weighted by molar-refractivity contribution is 5.93. The summed E-state index contributed by atoms with van der Waals surface area (Å²) in [6, 6.07) is 25.3. The zero-order valence-electron chi connectivity index (χ0n) is 18.1. The van der Waals surface area contributed by atoms with Crippen molar-refractivity contribution >= 4 is 11.9 Å². The van der Waals surface area contributed by atoms with Gasteiger partial charge in [-0.2, -0.15) is 0 Å². The number of aliphatic imine (C=N–C) groups is 1. The molecule has 0 unspecified atom stereocenters. The van der Waals surface area contributed by atoms with Gasteiger partial charge in [0.05, 0.1) is 0 Å². The van der Waals surface area contributed by atoms with Crippen LogP contribution < -0.4 is 15.4 Å². The van der Waals surface area contributed by atoms with Crippen LogP contribution in [0.2, 0.25) is 0 Å². The Bertz CT molecular complexity index is 998. The van der Waals surface area contributed by atoms with Gasteiger partial charge in [-0.3, -0.25) is 9.79 Å². The third-order valence-electron chi connectivity index (χ3n) is 4.65. The Morgan fingerprint density at radius 3 is 1.84 bits per heavy atom. The SMILES string of the molecule is CN=C(NCc1ccc(Oc2ccccc2)cc1)NCc1ccc(C(=O)N(C)C)cc1. The topological polar surface area (TPSA) is 66.0 Å². The van der Waals surface area contributed by atoms with E-state index < -0.39 is 0 Å². The number of carbonyl (C=O) groups excluding carboxylic acids is 1. The summed E-state index contributed by atoms with van der Waals surface area (Å²) in [4.78, 5) is 17.8. The molecule has 0 heterocycles. The third kappa shape index (κ3) is 6.60. The van der Waals surface area contributed by atoms with Crippen molar-refractivity contribution in [2.45, 2.75) is 13.1 Å². The molecule has 0 radical (unpaired) electrons. The van der Waals surface area contributed by atoms with Crippen LogP contribution in [-0.2, 0) is 13.1 Å². The monoisotopic (exact) mass is 416 g/mol. The summed E-state index contributed by atoms with van der Waals surface area (Å²) >= 11 is 0. The molecule has 0 saturated carbocycles. The lowest BCUT2D eigenvalue weighted by Crippen LogP contribution is -2.36. The molecule has 3 aromatic carbocycles. The molecule has 0 bridgehead atoms. The predicted molar refractivity (Wildman–Crippen MR) is 124 cm³/mol. The summed E-state index contributed by atoms with van der Waals surface area (Å²) in [7, 11) is 5.24. The van der Waals surface area contributed by atoms with Gasteiger partial charge in [0.1, 0.15) is 11.5 Å². The first-order chi connectivity index (χ1) is 15.0. The van der Waals surface area contributed by atoms with Gasteiger partial charge in [0.15, 0.2) is 5.96 Å². The Hall–Kier alpha value is -3.80. The van der Waals surface area contributed by atoms with Gasteiger partial charge < -0.3 is 20.3 Å². The van der Waals surface area contributed by atoms with Crippen LogP contribution in [0.1, 0.15) is 21.5 Å². The molecular formula is C25H28N4O2. The van der Waals surface area contributed by atoms with Crippen LogP contribution >= 0.6 is 0 Å². The molecule has 2 N–H and O–H groups in total. The van der Waals surface area contributed by atoms with Gasteiger partial charge >= 0.3 is 0 Å². The maximum absolute atomic E-state index is 12.0. The van der Waals surface area contributed by atoms with E-state index in [9.17, 15) is 4.79 Å². The lowest BCUT2D eigenvalue weighted by atomic mass is 10.1. The fourth-order valence-corrected chi connectivity index (χ4v) is 2.92. The van der Waals surface area contributed by atoms with Crippen molar-refractivity contribution in [3.05, 3.63) is 95.6 Å². The van der Waals surface area contributed by atoms with Crippen LogP contribution in [-0.4, -0.2) is 37.9 Å². The number of hydrogen-bond acceptors (Lipinski definition) is 3. The van der Waals surface area contributed by atoms with E-state index >= 15 is 0 Å². The zero-order chi connectivity index (χ0) is 22.1. The molecule has 0 aliphatic rings. The number of hydrogen-bond donors (Lipinski definition) is 2. The summed E-state index contributed by atoms with van der Waals surface area (Å²) in [5.41, 5.74) is 2.87. The van der Waals surface area contributed by atoms with Crippen molar-refractivity contribution in [2.75, 3.05) is 21.1 Å². The number of guanidine groups is 1. The molecular weight excluding hydrogens is 388 g/mol. The smallest absolute Gasteiger partial charge is 0.253 e. The van der Waals surface area contributed by atoms with E-state index in [0.717, 1.165) is 22.6 Å². The zero-order valence-corrected chi connectivity index (χ0v) is 18.1. The molecule has 31 heavy (non-hydrogen) atoms. The second-order valence-electron chi connectivity index (χ2n) is 7.23. The second kappa shape index (κ2) is 10.8. The first-order valence-electron chi connectivity index (χ1n) is 10.1. The average Bonchev–Trinajstić information content (AvgIpc) is 2.80. The molecule has 0 atom stereocenters. The minimum Gasteiger partial charge on any atom is -0.457 e. The first kappa shape index (κ1) is 21.9. The van der Waals surface area contributed by atoms with Gasteiger partial charge in [0.25, 0.3) is 5.91 Å². The highest BCUT2D eigenvalue weighted by atomic mass is 16.5. The van der Waals surface area contributed by atoms with Crippen LogP contribution in [0.25, 0.3) is 0 Å². The van der Waals surface area contributed by atoms with E-state index in [1.165, 1.54) is 0 Å². The maximum Gasteiger partial charge on any atom is 0.253 e. The second-order valence-corrected chi connectivity index (χ2v) is 7.23. The summed E-state index contributed by atoms with van der Waals surface area (Å²) < 4.78 is 5.82. The number of nitrogens with one attached hydrogen (secondary N) is 2. The summed E-state index contributed by atoms with van der Waals surface area (Å²) in [6.45, 7) is 1.25. The van der Waals surface area contributed by atoms with Gasteiger partial charge in [-0.25, -0.2) is 0 Å². The molecule has 1 amide bonds. The van der Waals surface area contributed by atoms with Gasteiger partial charge in [-0.1, -0.05) is 42.5 Å². The van der Waals surface area contributed by atoms with Crippen molar-refractivity contribution in [3.8, 4) is 11.5 Å². The van der Waals surface area contributed by atoms with E-state index in [1.54, 1.807) is 26.0 Å². The Labute approximate surface area is 183 Å². The summed E-state index contributed by atoms with van der Waals surface area (Å²) in [6.07, 6.45) is 0. The van der Waals surface area contributed by atoms with Gasteiger partial charge in [0, 0.05) is 39.8 Å². The van der Waals surface area contributed by atoms with Gasteiger partial charge in [-0.15, -0.1) is 0 Å². The van der Waals surface area contributed by atoms with Crippen molar-refractivity contribution in [3.63, 3.8) is 0 Å². The Balaban J connectivity index is 1.47. The van der Waals surface area contributed by atoms with Crippen LogP contribution in [0.4, 0.5) is 0 Å². The van der Waals surface area contributed by atoms with E-state index in [4.69, 9.17) is 4.74 Å². The molecule has 0 aliphatic carbocycles. The van der Waals surface area contributed by atoms with Crippen molar-refractivity contribution < 1.29 is 9.53 Å². The number of amides is 1. The fraction of sp³-hybridized carbons (Fsp3) is 0.200. The molecule has 3 rings (SSSR count). The molecule has 0 fully saturated rings. The van der Waals surface area contributed by atoms with Crippen LogP contribution in [0.3, 0.4) is 0 Å². The molecule has 6 nitrogen and oxygen atoms in total.